The van der Waals surface area contributed by atoms with Gasteiger partial charge in [0.2, 0.25) is 0 Å². The van der Waals surface area contributed by atoms with Crippen molar-refractivity contribution in [2.24, 2.45) is 0 Å². The van der Waals surface area contributed by atoms with Crippen LogP contribution in [0.1, 0.15) is 22.8 Å². The number of esters is 1. The van der Waals surface area contributed by atoms with Gasteiger partial charge in [-0.25, -0.2) is 4.79 Å². The van der Waals surface area contributed by atoms with E-state index in [1.165, 1.54) is 0 Å². The zero-order chi connectivity index (χ0) is 17.9. The maximum absolute atomic E-state index is 12.2. The van der Waals surface area contributed by atoms with E-state index in [0.29, 0.717) is 11.3 Å². The molecule has 0 aliphatic heterocycles. The molecule has 0 aliphatic rings. The number of hydrogen-bond acceptors (Lipinski definition) is 5. The van der Waals surface area contributed by atoms with E-state index in [1.807, 2.05) is 43.3 Å². The smallest absolute Gasteiger partial charge is 0.347 e. The summed E-state index contributed by atoms with van der Waals surface area (Å²) in [4.78, 5) is 28.6. The van der Waals surface area contributed by atoms with Crippen LogP contribution in [-0.4, -0.2) is 37.3 Å². The van der Waals surface area contributed by atoms with E-state index in [-0.39, 0.29) is 0 Å². The lowest BCUT2D eigenvalue weighted by Gasteiger charge is -2.14. The maximum atomic E-state index is 12.2. The molecule has 2 aromatic rings. The molecular formula is C18H20N2O4. The van der Waals surface area contributed by atoms with Crippen LogP contribution in [0.2, 0.25) is 0 Å². The molecule has 0 saturated heterocycles. The Labute approximate surface area is 140 Å². The van der Waals surface area contributed by atoms with Gasteiger partial charge in [0.05, 0.1) is 12.8 Å². The number of anilines is 1. The molecule has 0 spiro atoms. The van der Waals surface area contributed by atoms with Gasteiger partial charge in [-0.2, -0.15) is 0 Å². The highest BCUT2D eigenvalue weighted by Crippen LogP contribution is 2.31. The lowest BCUT2D eigenvalue weighted by Crippen LogP contribution is -2.20. The number of aromatic nitrogens is 1. The molecule has 2 N–H and O–H groups in total. The third-order valence-electron chi connectivity index (χ3n) is 3.62. The summed E-state index contributed by atoms with van der Waals surface area (Å²) in [6.07, 6.45) is 3.35. The summed E-state index contributed by atoms with van der Waals surface area (Å²) in [5.41, 5.74) is 1.42. The summed E-state index contributed by atoms with van der Waals surface area (Å²) in [6, 6.07) is 7.48. The molecule has 0 bridgehead atoms. The molecule has 1 aromatic carbocycles. The van der Waals surface area contributed by atoms with Crippen LogP contribution in [0.3, 0.4) is 0 Å². The summed E-state index contributed by atoms with van der Waals surface area (Å²) in [6.45, 7) is 1.78. The van der Waals surface area contributed by atoms with Gasteiger partial charge in [0.25, 0.3) is 5.56 Å². The van der Waals surface area contributed by atoms with Gasteiger partial charge < -0.3 is 19.7 Å². The number of pyridine rings is 1. The van der Waals surface area contributed by atoms with E-state index in [0.717, 1.165) is 18.4 Å². The van der Waals surface area contributed by atoms with Crippen LogP contribution < -0.4 is 10.5 Å². The highest BCUT2D eigenvalue weighted by molar-refractivity contribution is 5.95. The van der Waals surface area contributed by atoms with Crippen LogP contribution in [0, 0.1) is 0 Å². The Hall–Kier alpha value is -3.02. The first-order valence-electron chi connectivity index (χ1n) is 7.38. The SMILES string of the molecule is CC=Cc1c(-c2ccc(N(C)C)cc2)[nH]c(=O)c(C(=O)OC)c1O. The number of carbonyl (C=O) groups excluding carboxylic acids is 1. The molecule has 0 saturated carbocycles. The number of aromatic hydroxyl groups is 1. The lowest BCUT2D eigenvalue weighted by atomic mass is 10.0. The normalized spacial score (nSPS) is 10.8. The van der Waals surface area contributed by atoms with Crippen molar-refractivity contribution in [3.8, 4) is 17.0 Å². The highest BCUT2D eigenvalue weighted by atomic mass is 16.5. The van der Waals surface area contributed by atoms with E-state index in [1.54, 1.807) is 19.1 Å². The Morgan fingerprint density at radius 3 is 2.38 bits per heavy atom. The number of rotatable bonds is 4. The number of ether oxygens (including phenoxy) is 1. The number of nitrogens with one attached hydrogen (secondary N) is 1. The fourth-order valence-corrected chi connectivity index (χ4v) is 2.38. The van der Waals surface area contributed by atoms with Crippen molar-refractivity contribution in [3.05, 3.63) is 51.8 Å². The predicted molar refractivity (Wildman–Crippen MR) is 94.5 cm³/mol. The Morgan fingerprint density at radius 1 is 1.25 bits per heavy atom. The van der Waals surface area contributed by atoms with Crippen LogP contribution in [-0.2, 0) is 4.74 Å². The molecule has 0 aliphatic carbocycles. The zero-order valence-corrected chi connectivity index (χ0v) is 14.1. The van der Waals surface area contributed by atoms with Crippen LogP contribution in [0.4, 0.5) is 5.69 Å². The molecule has 0 amide bonds. The zero-order valence-electron chi connectivity index (χ0n) is 14.1. The van der Waals surface area contributed by atoms with Crippen molar-refractivity contribution in [2.45, 2.75) is 6.92 Å². The summed E-state index contributed by atoms with van der Waals surface area (Å²) >= 11 is 0. The van der Waals surface area contributed by atoms with Crippen LogP contribution >= 0.6 is 0 Å². The average molecular weight is 328 g/mol. The quantitative estimate of drug-likeness (QED) is 0.843. The van der Waals surface area contributed by atoms with Gasteiger partial charge in [0.15, 0.2) is 5.56 Å². The number of hydrogen-bond donors (Lipinski definition) is 2. The third-order valence-corrected chi connectivity index (χ3v) is 3.62. The molecule has 126 valence electrons. The number of benzene rings is 1. The van der Waals surface area contributed by atoms with Gasteiger partial charge in [-0.3, -0.25) is 4.79 Å². The number of H-pyrrole nitrogens is 1. The number of aromatic amines is 1. The summed E-state index contributed by atoms with van der Waals surface area (Å²) in [7, 11) is 5.02. The number of carbonyl (C=O) groups is 1. The summed E-state index contributed by atoms with van der Waals surface area (Å²) < 4.78 is 4.57. The first kappa shape index (κ1) is 17.3. The second-order valence-electron chi connectivity index (χ2n) is 5.40. The van der Waals surface area contributed by atoms with Crippen molar-refractivity contribution in [2.75, 3.05) is 26.1 Å². The van der Waals surface area contributed by atoms with Crippen molar-refractivity contribution >= 4 is 17.7 Å². The summed E-state index contributed by atoms with van der Waals surface area (Å²) in [5, 5.41) is 10.4. The fourth-order valence-electron chi connectivity index (χ4n) is 2.38. The second-order valence-corrected chi connectivity index (χ2v) is 5.40. The first-order valence-corrected chi connectivity index (χ1v) is 7.38. The lowest BCUT2D eigenvalue weighted by molar-refractivity contribution is 0.0595. The van der Waals surface area contributed by atoms with Gasteiger partial charge in [0, 0.05) is 25.3 Å². The molecule has 0 fully saturated rings. The molecule has 0 atom stereocenters. The minimum absolute atomic E-state index is 0.357. The Bertz CT molecular complexity index is 833. The predicted octanol–water partition coefficient (Wildman–Crippen LogP) is 2.63. The fraction of sp³-hybridized carbons (Fsp3) is 0.222. The van der Waals surface area contributed by atoms with Crippen LogP contribution in [0.15, 0.2) is 35.1 Å². The standard InChI is InChI=1S/C18H20N2O4/c1-5-6-13-15(11-7-9-12(10-8-11)20(2)3)19-17(22)14(16(13)21)18(23)24-4/h5-10H,1-4H3,(H2,19,21,22). The Balaban J connectivity index is 2.70. The maximum Gasteiger partial charge on any atom is 0.347 e. The highest BCUT2D eigenvalue weighted by Gasteiger charge is 2.22. The minimum atomic E-state index is -0.881. The number of nitrogens with zero attached hydrogens (tertiary/aromatic N) is 1. The molecule has 6 heteroatoms. The van der Waals surface area contributed by atoms with Crippen molar-refractivity contribution in [1.82, 2.24) is 4.98 Å². The number of allylic oxidation sites excluding steroid dienone is 1. The molecule has 0 unspecified atom stereocenters. The van der Waals surface area contributed by atoms with E-state index >= 15 is 0 Å². The van der Waals surface area contributed by atoms with Crippen molar-refractivity contribution in [3.63, 3.8) is 0 Å². The monoisotopic (exact) mass is 328 g/mol. The third kappa shape index (κ3) is 3.17. The van der Waals surface area contributed by atoms with Gasteiger partial charge in [0.1, 0.15) is 5.75 Å². The molecule has 6 nitrogen and oxygen atoms in total. The van der Waals surface area contributed by atoms with E-state index in [9.17, 15) is 14.7 Å². The van der Waals surface area contributed by atoms with Gasteiger partial charge >= 0.3 is 5.97 Å². The van der Waals surface area contributed by atoms with Gasteiger partial charge in [-0.15, -0.1) is 0 Å². The Morgan fingerprint density at radius 2 is 1.88 bits per heavy atom. The Kier molecular flexibility index (Phi) is 5.08. The van der Waals surface area contributed by atoms with Gasteiger partial charge in [-0.1, -0.05) is 24.3 Å². The molecule has 0 radical (unpaired) electrons. The van der Waals surface area contributed by atoms with E-state index in [4.69, 9.17) is 0 Å². The number of methoxy groups -OCH3 is 1. The molecule has 24 heavy (non-hydrogen) atoms. The molecule has 1 heterocycles. The van der Waals surface area contributed by atoms with E-state index < -0.39 is 22.8 Å². The largest absolute Gasteiger partial charge is 0.506 e. The summed E-state index contributed by atoms with van der Waals surface area (Å²) in [5.74, 6) is -1.27. The molecule has 1 aromatic heterocycles. The second kappa shape index (κ2) is 7.04. The first-order chi connectivity index (χ1) is 11.4. The van der Waals surface area contributed by atoms with Crippen molar-refractivity contribution in [1.29, 1.82) is 0 Å². The topological polar surface area (TPSA) is 82.6 Å². The van der Waals surface area contributed by atoms with Crippen LogP contribution in [0.25, 0.3) is 17.3 Å². The van der Waals surface area contributed by atoms with Crippen LogP contribution in [0.5, 0.6) is 5.75 Å². The van der Waals surface area contributed by atoms with Crippen molar-refractivity contribution < 1.29 is 14.6 Å². The minimum Gasteiger partial charge on any atom is -0.506 e. The van der Waals surface area contributed by atoms with Gasteiger partial charge in [-0.05, 0) is 24.6 Å². The molecular weight excluding hydrogens is 308 g/mol. The average Bonchev–Trinajstić information content (AvgIpc) is 2.57. The van der Waals surface area contributed by atoms with E-state index in [2.05, 4.69) is 9.72 Å². The molecule has 2 rings (SSSR count).